The number of aromatic nitrogens is 5. The van der Waals surface area contributed by atoms with E-state index >= 15 is 0 Å². The van der Waals surface area contributed by atoms with Gasteiger partial charge in [-0.2, -0.15) is 4.52 Å². The molecule has 0 aromatic carbocycles. The first-order chi connectivity index (χ1) is 14.5. The van der Waals surface area contributed by atoms with E-state index in [9.17, 15) is 4.79 Å². The van der Waals surface area contributed by atoms with Crippen molar-refractivity contribution < 1.29 is 0 Å². The monoisotopic (exact) mass is 398 g/mol. The van der Waals surface area contributed by atoms with Crippen molar-refractivity contribution in [2.45, 2.75) is 33.7 Å². The van der Waals surface area contributed by atoms with Gasteiger partial charge in [0.25, 0.3) is 5.56 Å². The van der Waals surface area contributed by atoms with Gasteiger partial charge in [0.2, 0.25) is 0 Å². The molecule has 0 N–H and O–H groups in total. The van der Waals surface area contributed by atoms with Gasteiger partial charge in [0.15, 0.2) is 11.5 Å². The zero-order valence-electron chi connectivity index (χ0n) is 17.3. The van der Waals surface area contributed by atoms with E-state index in [1.165, 1.54) is 22.3 Å². The van der Waals surface area contributed by atoms with Gasteiger partial charge in [-0.15, -0.1) is 5.10 Å². The lowest BCUT2D eigenvalue weighted by molar-refractivity contribution is 0.684. The van der Waals surface area contributed by atoms with Crippen LogP contribution < -0.4 is 10.5 Å². The van der Waals surface area contributed by atoms with E-state index in [1.54, 1.807) is 6.20 Å². The predicted octanol–water partition coefficient (Wildman–Crippen LogP) is 3.03. The largest absolute Gasteiger partial charge is 0.350 e. The molecule has 7 heteroatoms. The Balaban J connectivity index is 1.57. The third kappa shape index (κ3) is 2.94. The quantitative estimate of drug-likeness (QED) is 0.517. The van der Waals surface area contributed by atoms with E-state index in [0.717, 1.165) is 52.4 Å². The van der Waals surface area contributed by atoms with Crippen LogP contribution in [0.5, 0.6) is 0 Å². The second kappa shape index (κ2) is 7.02. The van der Waals surface area contributed by atoms with Gasteiger partial charge in [-0.3, -0.25) is 14.8 Å². The third-order valence-electron chi connectivity index (χ3n) is 5.91. The normalized spacial score (nSPS) is 13.5. The Hall–Kier alpha value is -3.61. The molecule has 0 atom stereocenters. The molecule has 0 amide bonds. The molecule has 0 saturated carbocycles. The van der Waals surface area contributed by atoms with E-state index in [0.29, 0.717) is 12.2 Å². The summed E-state index contributed by atoms with van der Waals surface area (Å²) in [5, 5.41) is 4.66. The van der Waals surface area contributed by atoms with Crippen molar-refractivity contribution in [3.05, 3.63) is 81.3 Å². The maximum atomic E-state index is 12.3. The number of aryl methyl sites for hydroxylation is 2. The lowest BCUT2D eigenvalue weighted by Gasteiger charge is -2.31. The smallest absolute Gasteiger partial charge is 0.274 e. The van der Waals surface area contributed by atoms with Gasteiger partial charge in [-0.25, -0.2) is 4.98 Å². The number of pyridine rings is 2. The molecule has 0 spiro atoms. The maximum absolute atomic E-state index is 12.3. The molecular formula is C23H22N6O. The highest BCUT2D eigenvalue weighted by Crippen LogP contribution is 2.30. The van der Waals surface area contributed by atoms with Crippen LogP contribution in [0, 0.1) is 20.8 Å². The van der Waals surface area contributed by atoms with Crippen molar-refractivity contribution in [1.29, 1.82) is 0 Å². The Morgan fingerprint density at radius 2 is 1.87 bits per heavy atom. The minimum Gasteiger partial charge on any atom is -0.350 e. The maximum Gasteiger partial charge on any atom is 0.274 e. The molecule has 0 saturated heterocycles. The van der Waals surface area contributed by atoms with Gasteiger partial charge in [-0.05, 0) is 38.5 Å². The second-order valence-corrected chi connectivity index (χ2v) is 7.73. The number of fused-ring (bicyclic) bond motifs is 2. The van der Waals surface area contributed by atoms with Crippen LogP contribution in [-0.2, 0) is 13.0 Å². The fourth-order valence-electron chi connectivity index (χ4n) is 4.10. The van der Waals surface area contributed by atoms with Crippen LogP contribution in [0.25, 0.3) is 16.8 Å². The van der Waals surface area contributed by atoms with E-state index in [1.807, 2.05) is 33.0 Å². The summed E-state index contributed by atoms with van der Waals surface area (Å²) in [6.07, 6.45) is 6.12. The Bertz CT molecular complexity index is 1340. The summed E-state index contributed by atoms with van der Waals surface area (Å²) in [6.45, 7) is 7.55. The Labute approximate surface area is 174 Å². The van der Waals surface area contributed by atoms with Crippen LogP contribution in [0.15, 0.2) is 47.7 Å². The summed E-state index contributed by atoms with van der Waals surface area (Å²) in [5.41, 5.74) is 7.91. The molecule has 150 valence electrons. The predicted molar refractivity (Wildman–Crippen MR) is 116 cm³/mol. The molecule has 1 aliphatic rings. The fourth-order valence-corrected chi connectivity index (χ4v) is 4.10. The first-order valence-electron chi connectivity index (χ1n) is 10.0. The minimum absolute atomic E-state index is 0.169. The lowest BCUT2D eigenvalue weighted by Crippen LogP contribution is -2.33. The van der Waals surface area contributed by atoms with Crippen molar-refractivity contribution in [2.75, 3.05) is 11.4 Å². The molecule has 30 heavy (non-hydrogen) atoms. The molecule has 0 unspecified atom stereocenters. The summed E-state index contributed by atoms with van der Waals surface area (Å²) >= 11 is 0. The van der Waals surface area contributed by atoms with Crippen molar-refractivity contribution in [1.82, 2.24) is 24.6 Å². The SMILES string of the molecule is Cc1ncccc1-c1cnc2c(c1)CN(c1nn3c(=O)ccnc3c(C)c1C)CC2. The van der Waals surface area contributed by atoms with Crippen molar-refractivity contribution in [2.24, 2.45) is 0 Å². The Morgan fingerprint density at radius 3 is 2.70 bits per heavy atom. The molecule has 1 aliphatic heterocycles. The second-order valence-electron chi connectivity index (χ2n) is 7.73. The molecule has 0 aliphatic carbocycles. The molecule has 0 radical (unpaired) electrons. The van der Waals surface area contributed by atoms with Crippen molar-refractivity contribution >= 4 is 11.5 Å². The number of hydrogen-bond donors (Lipinski definition) is 0. The van der Waals surface area contributed by atoms with Crippen LogP contribution in [0.1, 0.15) is 28.1 Å². The molecular weight excluding hydrogens is 376 g/mol. The molecule has 4 aromatic rings. The van der Waals surface area contributed by atoms with Crippen LogP contribution in [0.2, 0.25) is 0 Å². The van der Waals surface area contributed by atoms with Gasteiger partial charge < -0.3 is 4.90 Å². The minimum atomic E-state index is -0.169. The molecule has 4 aromatic heterocycles. The highest BCUT2D eigenvalue weighted by molar-refractivity contribution is 5.66. The van der Waals surface area contributed by atoms with Gasteiger partial charge in [0, 0.05) is 77.8 Å². The summed E-state index contributed by atoms with van der Waals surface area (Å²) in [5.74, 6) is 0.823. The first kappa shape index (κ1) is 18.4. The summed E-state index contributed by atoms with van der Waals surface area (Å²) < 4.78 is 1.40. The number of anilines is 1. The van der Waals surface area contributed by atoms with Crippen LogP contribution >= 0.6 is 0 Å². The molecule has 0 bridgehead atoms. The molecule has 5 rings (SSSR count). The average Bonchev–Trinajstić information content (AvgIpc) is 2.76. The van der Waals surface area contributed by atoms with E-state index < -0.39 is 0 Å². The molecule has 5 heterocycles. The van der Waals surface area contributed by atoms with E-state index in [4.69, 9.17) is 4.98 Å². The van der Waals surface area contributed by atoms with Crippen molar-refractivity contribution in [3.63, 3.8) is 0 Å². The Morgan fingerprint density at radius 1 is 1.00 bits per heavy atom. The Kier molecular flexibility index (Phi) is 4.31. The number of nitrogens with zero attached hydrogens (tertiary/aromatic N) is 6. The zero-order valence-corrected chi connectivity index (χ0v) is 17.3. The van der Waals surface area contributed by atoms with Crippen molar-refractivity contribution in [3.8, 4) is 11.1 Å². The third-order valence-corrected chi connectivity index (χ3v) is 5.91. The van der Waals surface area contributed by atoms with Crippen LogP contribution in [-0.4, -0.2) is 31.1 Å². The van der Waals surface area contributed by atoms with E-state index in [-0.39, 0.29) is 5.56 Å². The fraction of sp³-hybridized carbons (Fsp3) is 0.261. The first-order valence-corrected chi connectivity index (χ1v) is 10.0. The summed E-state index contributed by atoms with van der Waals surface area (Å²) in [6, 6.07) is 7.67. The number of hydrogen-bond acceptors (Lipinski definition) is 6. The zero-order chi connectivity index (χ0) is 20.8. The highest BCUT2D eigenvalue weighted by atomic mass is 16.1. The molecule has 0 fully saturated rings. The number of rotatable bonds is 2. The summed E-state index contributed by atoms with van der Waals surface area (Å²) in [7, 11) is 0. The average molecular weight is 398 g/mol. The van der Waals surface area contributed by atoms with E-state index in [2.05, 4.69) is 32.1 Å². The van der Waals surface area contributed by atoms with Gasteiger partial charge >= 0.3 is 0 Å². The van der Waals surface area contributed by atoms with Crippen LogP contribution in [0.4, 0.5) is 5.82 Å². The van der Waals surface area contributed by atoms with Gasteiger partial charge in [-0.1, -0.05) is 6.07 Å². The highest BCUT2D eigenvalue weighted by Gasteiger charge is 2.23. The summed E-state index contributed by atoms with van der Waals surface area (Å²) in [4.78, 5) is 28.0. The van der Waals surface area contributed by atoms with Crippen LogP contribution in [0.3, 0.4) is 0 Å². The van der Waals surface area contributed by atoms with Gasteiger partial charge in [0.05, 0.1) is 0 Å². The standard InChI is InChI=1S/C23H22N6O/c1-14-15(2)23(27-29-21(30)6-9-25-22(14)29)28-10-7-20-18(13-28)11-17(12-26-20)19-5-4-8-24-16(19)3/h4-6,8-9,11-12H,7,10,13H2,1-3H3. The van der Waals surface area contributed by atoms with Gasteiger partial charge in [0.1, 0.15) is 0 Å². The molecule has 7 nitrogen and oxygen atoms in total. The topological polar surface area (TPSA) is 76.3 Å². The lowest BCUT2D eigenvalue weighted by atomic mass is 9.99.